The number of hydrogen-bond donors (Lipinski definition) is 1. The van der Waals surface area contributed by atoms with Gasteiger partial charge < -0.3 is 25.0 Å². The normalized spacial score (nSPS) is 19.7. The van der Waals surface area contributed by atoms with Crippen molar-refractivity contribution < 1.29 is 19.1 Å². The molecule has 0 aromatic heterocycles. The third-order valence-electron chi connectivity index (χ3n) is 5.15. The second-order valence-corrected chi connectivity index (χ2v) is 7.06. The van der Waals surface area contributed by atoms with E-state index in [-0.39, 0.29) is 24.0 Å². The quantitative estimate of drug-likeness (QED) is 0.821. The van der Waals surface area contributed by atoms with E-state index in [0.717, 1.165) is 24.2 Å². The zero-order valence-corrected chi connectivity index (χ0v) is 15.3. The van der Waals surface area contributed by atoms with Crippen molar-refractivity contribution in [2.45, 2.75) is 24.9 Å². The van der Waals surface area contributed by atoms with Gasteiger partial charge in [-0.15, -0.1) is 0 Å². The highest BCUT2D eigenvalue weighted by atomic mass is 16.5. The van der Waals surface area contributed by atoms with Crippen LogP contribution in [0.4, 0.5) is 0 Å². The summed E-state index contributed by atoms with van der Waals surface area (Å²) in [7, 11) is 1.81. The van der Waals surface area contributed by atoms with E-state index in [1.807, 2.05) is 36.2 Å². The molecule has 2 amide bonds. The fraction of sp³-hybridized carbons (Fsp3) is 0.579. The standard InChI is InChI=1S/C19H27N3O4/c1-21-14-19(26-13-18(21)24)6-9-22(10-7-19)17(23)12-15-2-4-16(5-3-15)25-11-8-20/h2-5H,6-14,20H2,1H3. The Balaban J connectivity index is 1.50. The lowest BCUT2D eigenvalue weighted by atomic mass is 9.89. The van der Waals surface area contributed by atoms with E-state index < -0.39 is 0 Å². The van der Waals surface area contributed by atoms with Gasteiger partial charge in [-0.25, -0.2) is 0 Å². The molecule has 0 aliphatic carbocycles. The van der Waals surface area contributed by atoms with Gasteiger partial charge in [-0.1, -0.05) is 12.1 Å². The van der Waals surface area contributed by atoms with Gasteiger partial charge in [0.2, 0.25) is 11.8 Å². The lowest BCUT2D eigenvalue weighted by Crippen LogP contribution is -2.58. The number of likely N-dealkylation sites (N-methyl/N-ethyl adjacent to an activating group) is 1. The van der Waals surface area contributed by atoms with E-state index >= 15 is 0 Å². The van der Waals surface area contributed by atoms with Gasteiger partial charge in [0, 0.05) is 33.2 Å². The number of rotatable bonds is 5. The molecular weight excluding hydrogens is 334 g/mol. The molecular formula is C19H27N3O4. The smallest absolute Gasteiger partial charge is 0.248 e. The number of hydrogen-bond acceptors (Lipinski definition) is 5. The molecule has 1 aromatic rings. The predicted octanol–water partition coefficient (Wildman–Crippen LogP) is 0.416. The third kappa shape index (κ3) is 4.34. The van der Waals surface area contributed by atoms with Crippen molar-refractivity contribution in [2.24, 2.45) is 5.73 Å². The second-order valence-electron chi connectivity index (χ2n) is 7.06. The maximum absolute atomic E-state index is 12.6. The Kier molecular flexibility index (Phi) is 5.78. The van der Waals surface area contributed by atoms with E-state index in [0.29, 0.717) is 39.2 Å². The summed E-state index contributed by atoms with van der Waals surface area (Å²) in [6, 6.07) is 7.57. The first-order chi connectivity index (χ1) is 12.5. The number of benzene rings is 1. The van der Waals surface area contributed by atoms with Crippen molar-refractivity contribution in [2.75, 3.05) is 46.4 Å². The van der Waals surface area contributed by atoms with Crippen LogP contribution in [-0.2, 0) is 20.7 Å². The number of piperidine rings is 1. The van der Waals surface area contributed by atoms with Crippen molar-refractivity contribution in [3.63, 3.8) is 0 Å². The van der Waals surface area contributed by atoms with Crippen molar-refractivity contribution in [3.8, 4) is 5.75 Å². The number of morpholine rings is 1. The van der Waals surface area contributed by atoms with Crippen LogP contribution in [0.1, 0.15) is 18.4 Å². The minimum Gasteiger partial charge on any atom is -0.492 e. The summed E-state index contributed by atoms with van der Waals surface area (Å²) >= 11 is 0. The van der Waals surface area contributed by atoms with Crippen molar-refractivity contribution in [1.29, 1.82) is 0 Å². The Bertz CT molecular complexity index is 639. The number of ether oxygens (including phenoxy) is 2. The Labute approximate surface area is 154 Å². The number of nitrogens with zero attached hydrogens (tertiary/aromatic N) is 2. The molecule has 0 saturated carbocycles. The molecule has 1 aromatic carbocycles. The van der Waals surface area contributed by atoms with Crippen molar-refractivity contribution in [1.82, 2.24) is 9.80 Å². The minimum absolute atomic E-state index is 0.0213. The van der Waals surface area contributed by atoms with Crippen LogP contribution < -0.4 is 10.5 Å². The summed E-state index contributed by atoms with van der Waals surface area (Å²) in [5, 5.41) is 0. The fourth-order valence-electron chi connectivity index (χ4n) is 3.52. The molecule has 3 rings (SSSR count). The Morgan fingerprint density at radius 3 is 2.58 bits per heavy atom. The summed E-state index contributed by atoms with van der Waals surface area (Å²) in [5.74, 6) is 0.906. The van der Waals surface area contributed by atoms with Gasteiger partial charge in [0.1, 0.15) is 19.0 Å². The van der Waals surface area contributed by atoms with Crippen molar-refractivity contribution >= 4 is 11.8 Å². The largest absolute Gasteiger partial charge is 0.492 e. The molecule has 7 nitrogen and oxygen atoms in total. The average molecular weight is 361 g/mol. The Morgan fingerprint density at radius 2 is 1.96 bits per heavy atom. The molecule has 2 fully saturated rings. The van der Waals surface area contributed by atoms with Gasteiger partial charge in [-0.3, -0.25) is 9.59 Å². The van der Waals surface area contributed by atoms with Crippen LogP contribution in [0.3, 0.4) is 0 Å². The zero-order valence-electron chi connectivity index (χ0n) is 15.3. The molecule has 7 heteroatoms. The maximum atomic E-state index is 12.6. The predicted molar refractivity (Wildman–Crippen MR) is 96.8 cm³/mol. The van der Waals surface area contributed by atoms with E-state index in [2.05, 4.69) is 0 Å². The number of carbonyl (C=O) groups is 2. The van der Waals surface area contributed by atoms with Crippen LogP contribution in [-0.4, -0.2) is 73.7 Å². The zero-order chi connectivity index (χ0) is 18.6. The van der Waals surface area contributed by atoms with E-state index in [4.69, 9.17) is 15.2 Å². The van der Waals surface area contributed by atoms with Crippen molar-refractivity contribution in [3.05, 3.63) is 29.8 Å². The first-order valence-electron chi connectivity index (χ1n) is 9.09. The molecule has 0 unspecified atom stereocenters. The fourth-order valence-corrected chi connectivity index (χ4v) is 3.52. The molecule has 2 N–H and O–H groups in total. The highest BCUT2D eigenvalue weighted by Crippen LogP contribution is 2.30. The number of nitrogens with two attached hydrogens (primary N) is 1. The Hall–Kier alpha value is -2.12. The first kappa shape index (κ1) is 18.7. The summed E-state index contributed by atoms with van der Waals surface area (Å²) in [6.07, 6.45) is 1.91. The van der Waals surface area contributed by atoms with Crippen LogP contribution in [0.25, 0.3) is 0 Å². The van der Waals surface area contributed by atoms with Crippen LogP contribution in [0.15, 0.2) is 24.3 Å². The van der Waals surface area contributed by atoms with Gasteiger partial charge in [0.05, 0.1) is 12.0 Å². The molecule has 142 valence electrons. The number of likely N-dealkylation sites (tertiary alicyclic amines) is 1. The topological polar surface area (TPSA) is 85.1 Å². The van der Waals surface area contributed by atoms with E-state index in [9.17, 15) is 9.59 Å². The molecule has 2 aliphatic rings. The molecule has 0 bridgehead atoms. The highest BCUT2D eigenvalue weighted by molar-refractivity contribution is 5.79. The van der Waals surface area contributed by atoms with Crippen LogP contribution in [0.2, 0.25) is 0 Å². The lowest BCUT2D eigenvalue weighted by molar-refractivity contribution is -0.170. The summed E-state index contributed by atoms with van der Waals surface area (Å²) in [4.78, 5) is 27.8. The average Bonchev–Trinajstić information content (AvgIpc) is 2.65. The molecule has 2 heterocycles. The number of carbonyl (C=O) groups excluding carboxylic acids is 2. The lowest BCUT2D eigenvalue weighted by Gasteiger charge is -2.46. The second kappa shape index (κ2) is 8.05. The van der Waals surface area contributed by atoms with Gasteiger partial charge in [0.25, 0.3) is 0 Å². The maximum Gasteiger partial charge on any atom is 0.248 e. The summed E-state index contributed by atoms with van der Waals surface area (Å²) in [5.41, 5.74) is 6.09. The van der Waals surface area contributed by atoms with Gasteiger partial charge in [-0.05, 0) is 30.5 Å². The SMILES string of the molecule is CN1CC2(CCN(C(=O)Cc3ccc(OCCN)cc3)CC2)OCC1=O. The molecule has 2 saturated heterocycles. The van der Waals surface area contributed by atoms with Crippen LogP contribution in [0, 0.1) is 0 Å². The highest BCUT2D eigenvalue weighted by Gasteiger charge is 2.41. The van der Waals surface area contributed by atoms with Crippen LogP contribution >= 0.6 is 0 Å². The monoisotopic (exact) mass is 361 g/mol. The molecule has 2 aliphatic heterocycles. The Morgan fingerprint density at radius 1 is 1.27 bits per heavy atom. The van der Waals surface area contributed by atoms with Gasteiger partial charge in [0.15, 0.2) is 0 Å². The summed E-state index contributed by atoms with van der Waals surface area (Å²) in [6.45, 7) is 3.04. The minimum atomic E-state index is -0.290. The van der Waals surface area contributed by atoms with Crippen LogP contribution in [0.5, 0.6) is 5.75 Å². The van der Waals surface area contributed by atoms with E-state index in [1.165, 1.54) is 0 Å². The number of amides is 2. The first-order valence-corrected chi connectivity index (χ1v) is 9.09. The molecule has 1 spiro atoms. The third-order valence-corrected chi connectivity index (χ3v) is 5.15. The molecule has 0 radical (unpaired) electrons. The molecule has 0 atom stereocenters. The van der Waals surface area contributed by atoms with Gasteiger partial charge in [-0.2, -0.15) is 0 Å². The van der Waals surface area contributed by atoms with Gasteiger partial charge >= 0.3 is 0 Å². The summed E-state index contributed by atoms with van der Waals surface area (Å²) < 4.78 is 11.3. The molecule has 26 heavy (non-hydrogen) atoms. The van der Waals surface area contributed by atoms with E-state index in [1.54, 1.807) is 4.90 Å².